The van der Waals surface area contributed by atoms with Crippen LogP contribution >= 0.6 is 0 Å². The molecule has 0 heterocycles. The SMILES string of the molecule is CO/N=C1/C(CC=O)C2CC1C2(C)C. The number of rotatable bonds is 3. The molecule has 0 aromatic carbocycles. The molecule has 3 saturated carbocycles. The maximum atomic E-state index is 10.6. The summed E-state index contributed by atoms with van der Waals surface area (Å²) in [5.74, 6) is 1.51. The van der Waals surface area contributed by atoms with Crippen molar-refractivity contribution in [2.45, 2.75) is 26.7 Å². The van der Waals surface area contributed by atoms with Gasteiger partial charge in [-0.25, -0.2) is 0 Å². The van der Waals surface area contributed by atoms with Crippen molar-refractivity contribution in [3.05, 3.63) is 0 Å². The molecule has 78 valence electrons. The van der Waals surface area contributed by atoms with Crippen molar-refractivity contribution < 1.29 is 9.63 Å². The van der Waals surface area contributed by atoms with Crippen LogP contribution in [0.2, 0.25) is 0 Å². The highest BCUT2D eigenvalue weighted by molar-refractivity contribution is 5.95. The van der Waals surface area contributed by atoms with Crippen molar-refractivity contribution in [2.75, 3.05) is 7.11 Å². The summed E-state index contributed by atoms with van der Waals surface area (Å²) in [6.45, 7) is 4.53. The van der Waals surface area contributed by atoms with Crippen LogP contribution in [0.25, 0.3) is 0 Å². The maximum absolute atomic E-state index is 10.6. The number of carbonyl (C=O) groups excluding carboxylic acids is 1. The molecule has 3 heteroatoms. The number of oxime groups is 1. The van der Waals surface area contributed by atoms with Gasteiger partial charge in [-0.3, -0.25) is 0 Å². The van der Waals surface area contributed by atoms with E-state index in [-0.39, 0.29) is 0 Å². The van der Waals surface area contributed by atoms with Crippen LogP contribution in [0.5, 0.6) is 0 Å². The Morgan fingerprint density at radius 1 is 1.64 bits per heavy atom. The van der Waals surface area contributed by atoms with Gasteiger partial charge in [0.1, 0.15) is 13.4 Å². The average molecular weight is 195 g/mol. The quantitative estimate of drug-likeness (QED) is 0.509. The van der Waals surface area contributed by atoms with E-state index in [2.05, 4.69) is 19.0 Å². The number of hydrogen-bond acceptors (Lipinski definition) is 3. The second kappa shape index (κ2) is 3.07. The van der Waals surface area contributed by atoms with Gasteiger partial charge in [0.2, 0.25) is 0 Å². The predicted molar refractivity (Wildman–Crippen MR) is 54.0 cm³/mol. The molecule has 0 N–H and O–H groups in total. The molecule has 3 aliphatic carbocycles. The molecule has 0 radical (unpaired) electrons. The molecule has 3 nitrogen and oxygen atoms in total. The Hall–Kier alpha value is -0.860. The van der Waals surface area contributed by atoms with Gasteiger partial charge in [-0.2, -0.15) is 0 Å². The summed E-state index contributed by atoms with van der Waals surface area (Å²) in [4.78, 5) is 15.5. The lowest BCUT2D eigenvalue weighted by Gasteiger charge is -2.44. The Morgan fingerprint density at radius 2 is 2.36 bits per heavy atom. The second-order valence-electron chi connectivity index (χ2n) is 4.92. The van der Waals surface area contributed by atoms with Gasteiger partial charge in [-0.15, -0.1) is 0 Å². The molecular formula is C11H17NO2. The summed E-state index contributed by atoms with van der Waals surface area (Å²) in [5.41, 5.74) is 1.44. The number of hydrogen-bond donors (Lipinski definition) is 0. The van der Waals surface area contributed by atoms with Gasteiger partial charge in [-0.1, -0.05) is 19.0 Å². The zero-order chi connectivity index (χ0) is 10.3. The third-order valence-electron chi connectivity index (χ3n) is 4.11. The summed E-state index contributed by atoms with van der Waals surface area (Å²) >= 11 is 0. The first-order chi connectivity index (χ1) is 6.62. The van der Waals surface area contributed by atoms with Crippen LogP contribution in [0.4, 0.5) is 0 Å². The van der Waals surface area contributed by atoms with Crippen LogP contribution in [-0.4, -0.2) is 19.1 Å². The Balaban J connectivity index is 2.24. The molecule has 0 aliphatic heterocycles. The highest BCUT2D eigenvalue weighted by Crippen LogP contribution is 2.63. The number of fused-ring (bicyclic) bond motifs is 1. The smallest absolute Gasteiger partial charge is 0.120 e. The molecular weight excluding hydrogens is 178 g/mol. The van der Waals surface area contributed by atoms with E-state index in [1.807, 2.05) is 0 Å². The molecule has 3 unspecified atom stereocenters. The van der Waals surface area contributed by atoms with Crippen LogP contribution < -0.4 is 0 Å². The van der Waals surface area contributed by atoms with E-state index >= 15 is 0 Å². The highest BCUT2D eigenvalue weighted by atomic mass is 16.6. The molecule has 3 rings (SSSR count). The third kappa shape index (κ3) is 1.04. The minimum Gasteiger partial charge on any atom is -0.399 e. The van der Waals surface area contributed by atoms with Gasteiger partial charge in [0.25, 0.3) is 0 Å². The van der Waals surface area contributed by atoms with Crippen molar-refractivity contribution in [3.8, 4) is 0 Å². The van der Waals surface area contributed by atoms with Crippen molar-refractivity contribution in [1.29, 1.82) is 0 Å². The summed E-state index contributed by atoms with van der Waals surface area (Å²) in [7, 11) is 1.58. The molecule has 0 saturated heterocycles. The summed E-state index contributed by atoms with van der Waals surface area (Å²) in [6.07, 6.45) is 2.80. The van der Waals surface area contributed by atoms with Crippen LogP contribution in [0.3, 0.4) is 0 Å². The van der Waals surface area contributed by atoms with Gasteiger partial charge >= 0.3 is 0 Å². The van der Waals surface area contributed by atoms with Gasteiger partial charge in [0.15, 0.2) is 0 Å². The van der Waals surface area contributed by atoms with Crippen LogP contribution in [-0.2, 0) is 9.63 Å². The zero-order valence-electron chi connectivity index (χ0n) is 8.99. The van der Waals surface area contributed by atoms with E-state index in [1.54, 1.807) is 7.11 Å². The van der Waals surface area contributed by atoms with Crippen molar-refractivity contribution >= 4 is 12.0 Å². The normalized spacial score (nSPS) is 40.8. The molecule has 2 bridgehead atoms. The lowest BCUT2D eigenvalue weighted by atomic mass is 9.60. The Kier molecular flexibility index (Phi) is 2.13. The van der Waals surface area contributed by atoms with Crippen LogP contribution in [0, 0.1) is 23.2 Å². The second-order valence-corrected chi connectivity index (χ2v) is 4.92. The van der Waals surface area contributed by atoms with E-state index < -0.39 is 0 Å². The van der Waals surface area contributed by atoms with E-state index in [9.17, 15) is 4.79 Å². The van der Waals surface area contributed by atoms with E-state index in [0.717, 1.165) is 12.0 Å². The topological polar surface area (TPSA) is 38.7 Å². The number of aldehydes is 1. The predicted octanol–water partition coefficient (Wildman–Crippen LogP) is 1.87. The Bertz CT molecular complexity index is 283. The Morgan fingerprint density at radius 3 is 2.86 bits per heavy atom. The Labute approximate surface area is 84.5 Å². The zero-order valence-corrected chi connectivity index (χ0v) is 8.99. The first kappa shape index (κ1) is 9.69. The molecule has 14 heavy (non-hydrogen) atoms. The monoisotopic (exact) mass is 195 g/mol. The minimum absolute atomic E-state index is 0.324. The fourth-order valence-electron chi connectivity index (χ4n) is 3.23. The van der Waals surface area contributed by atoms with Crippen molar-refractivity contribution in [1.82, 2.24) is 0 Å². The third-order valence-corrected chi connectivity index (χ3v) is 4.11. The molecule has 0 aromatic rings. The van der Waals surface area contributed by atoms with E-state index in [1.165, 1.54) is 6.42 Å². The summed E-state index contributed by atoms with van der Waals surface area (Å²) < 4.78 is 0. The molecule has 3 aliphatic rings. The summed E-state index contributed by atoms with van der Waals surface area (Å²) in [5, 5.41) is 4.10. The van der Waals surface area contributed by atoms with E-state index in [4.69, 9.17) is 4.84 Å². The molecule has 0 spiro atoms. The molecule has 0 aromatic heterocycles. The lowest BCUT2D eigenvalue weighted by molar-refractivity contribution is -0.108. The molecule has 3 atom stereocenters. The lowest BCUT2D eigenvalue weighted by Crippen LogP contribution is -2.39. The standard InChI is InChI=1S/C11H17NO2/c1-11(2)8-6-9(11)10(12-14-3)7(8)4-5-13/h5,7-9H,4,6H2,1-3H3/b12-10-. The average Bonchev–Trinajstić information content (AvgIpc) is 2.57. The molecule has 3 fully saturated rings. The van der Waals surface area contributed by atoms with E-state index in [0.29, 0.717) is 29.6 Å². The van der Waals surface area contributed by atoms with Crippen LogP contribution in [0.1, 0.15) is 26.7 Å². The highest BCUT2D eigenvalue weighted by Gasteiger charge is 2.62. The van der Waals surface area contributed by atoms with Gasteiger partial charge in [0, 0.05) is 18.3 Å². The fraction of sp³-hybridized carbons (Fsp3) is 0.818. The van der Waals surface area contributed by atoms with Crippen LogP contribution in [0.15, 0.2) is 5.16 Å². The number of nitrogens with zero attached hydrogens (tertiary/aromatic N) is 1. The van der Waals surface area contributed by atoms with Crippen molar-refractivity contribution in [2.24, 2.45) is 28.3 Å². The van der Waals surface area contributed by atoms with Gasteiger partial charge in [-0.05, 0) is 17.8 Å². The summed E-state index contributed by atoms with van der Waals surface area (Å²) in [6, 6.07) is 0. The van der Waals surface area contributed by atoms with Gasteiger partial charge in [0.05, 0.1) is 5.71 Å². The fourth-order valence-corrected chi connectivity index (χ4v) is 3.23. The first-order valence-electron chi connectivity index (χ1n) is 5.17. The number of carbonyl (C=O) groups is 1. The maximum Gasteiger partial charge on any atom is 0.120 e. The molecule has 0 amide bonds. The van der Waals surface area contributed by atoms with Crippen molar-refractivity contribution in [3.63, 3.8) is 0 Å². The minimum atomic E-state index is 0.324. The first-order valence-corrected chi connectivity index (χ1v) is 5.17. The largest absolute Gasteiger partial charge is 0.399 e. The van der Waals surface area contributed by atoms with Gasteiger partial charge < -0.3 is 9.63 Å².